The summed E-state index contributed by atoms with van der Waals surface area (Å²) in [5.41, 5.74) is 1.50. The van der Waals surface area contributed by atoms with Gasteiger partial charge in [-0.05, 0) is 63.1 Å². The van der Waals surface area contributed by atoms with Crippen LogP contribution in [0.5, 0.6) is 0 Å². The molecule has 1 unspecified atom stereocenters. The second-order valence-electron chi connectivity index (χ2n) is 9.91. The first-order chi connectivity index (χ1) is 17.5. The summed E-state index contributed by atoms with van der Waals surface area (Å²) >= 11 is 1.51. The number of amides is 2. The molecule has 2 atom stereocenters. The molecule has 0 saturated carbocycles. The van der Waals surface area contributed by atoms with Crippen molar-refractivity contribution in [2.75, 3.05) is 19.7 Å². The summed E-state index contributed by atoms with van der Waals surface area (Å²) in [6.45, 7) is 6.17. The summed E-state index contributed by atoms with van der Waals surface area (Å²) in [4.78, 5) is 40.6. The Hall–Kier alpha value is -3.62. The lowest BCUT2D eigenvalue weighted by Gasteiger charge is -2.27. The SMILES string of the molecule is Cn1c(=O)oc2ccc(-c3ccc(CC(C#N)NC(=O)[C@@H]4CN(C(=O)OC(C)(C)C)CCCO4)s3)cc21. The standard InChI is InChI=1S/C26H30N4O6S/c1-26(2,3)36-25(33)30-10-5-11-34-21(15-30)23(31)28-17(14-27)13-18-7-9-22(37-18)16-6-8-20-19(12-16)29(4)24(32)35-20/h6-9,12,17,21H,5,10-11,13,15H2,1-4H3,(H,28,31)/t17?,21-/m0/s1. The second-order valence-corrected chi connectivity index (χ2v) is 11.1. The number of nitrogens with one attached hydrogen (secondary N) is 1. The first-order valence-corrected chi connectivity index (χ1v) is 12.8. The van der Waals surface area contributed by atoms with Gasteiger partial charge < -0.3 is 24.1 Å². The maximum Gasteiger partial charge on any atom is 0.419 e. The first kappa shape index (κ1) is 26.4. The summed E-state index contributed by atoms with van der Waals surface area (Å²) in [5.74, 6) is -0.858. The van der Waals surface area contributed by atoms with Gasteiger partial charge in [-0.1, -0.05) is 0 Å². The van der Waals surface area contributed by atoms with E-state index in [4.69, 9.17) is 13.9 Å². The number of ether oxygens (including phenoxy) is 2. The zero-order valence-electron chi connectivity index (χ0n) is 21.3. The molecule has 37 heavy (non-hydrogen) atoms. The summed E-state index contributed by atoms with van der Waals surface area (Å²) in [5, 5.41) is 12.5. The quantitative estimate of drug-likeness (QED) is 0.540. The zero-order chi connectivity index (χ0) is 26.7. The Balaban J connectivity index is 1.40. The molecule has 11 heteroatoms. The average molecular weight is 527 g/mol. The number of thiophene rings is 1. The van der Waals surface area contributed by atoms with E-state index in [9.17, 15) is 19.6 Å². The van der Waals surface area contributed by atoms with Crippen LogP contribution in [0.15, 0.2) is 39.5 Å². The van der Waals surface area contributed by atoms with Gasteiger partial charge in [0.2, 0.25) is 0 Å². The third-order valence-corrected chi connectivity index (χ3v) is 6.99. The molecule has 196 valence electrons. The monoisotopic (exact) mass is 526 g/mol. The highest BCUT2D eigenvalue weighted by Crippen LogP contribution is 2.31. The Labute approximate surface area is 218 Å². The van der Waals surface area contributed by atoms with E-state index < -0.39 is 35.5 Å². The molecule has 4 rings (SSSR count). The largest absolute Gasteiger partial charge is 0.444 e. The van der Waals surface area contributed by atoms with Gasteiger partial charge in [0.25, 0.3) is 5.91 Å². The first-order valence-electron chi connectivity index (χ1n) is 12.0. The number of hydrogen-bond acceptors (Lipinski definition) is 8. The molecule has 0 spiro atoms. The Morgan fingerprint density at radius 2 is 2.08 bits per heavy atom. The highest BCUT2D eigenvalue weighted by molar-refractivity contribution is 7.15. The fourth-order valence-electron chi connectivity index (χ4n) is 3.99. The van der Waals surface area contributed by atoms with Crippen LogP contribution in [0.4, 0.5) is 4.79 Å². The van der Waals surface area contributed by atoms with Gasteiger partial charge in [-0.15, -0.1) is 11.3 Å². The lowest BCUT2D eigenvalue weighted by molar-refractivity contribution is -0.133. The molecule has 1 saturated heterocycles. The van der Waals surface area contributed by atoms with E-state index >= 15 is 0 Å². The Morgan fingerprint density at radius 1 is 1.30 bits per heavy atom. The highest BCUT2D eigenvalue weighted by Gasteiger charge is 2.31. The van der Waals surface area contributed by atoms with Crippen molar-refractivity contribution in [3.63, 3.8) is 0 Å². The van der Waals surface area contributed by atoms with Crippen LogP contribution < -0.4 is 11.1 Å². The number of fused-ring (bicyclic) bond motifs is 1. The van der Waals surface area contributed by atoms with E-state index in [0.717, 1.165) is 15.3 Å². The number of rotatable bonds is 5. The maximum absolute atomic E-state index is 12.9. The van der Waals surface area contributed by atoms with Crippen LogP contribution in [0, 0.1) is 11.3 Å². The highest BCUT2D eigenvalue weighted by atomic mass is 32.1. The van der Waals surface area contributed by atoms with Crippen molar-refractivity contribution < 1.29 is 23.5 Å². The average Bonchev–Trinajstić information content (AvgIpc) is 3.30. The summed E-state index contributed by atoms with van der Waals surface area (Å²) < 4.78 is 17.8. The molecule has 3 aromatic rings. The molecule has 0 aliphatic carbocycles. The molecule has 2 amide bonds. The van der Waals surface area contributed by atoms with Crippen LogP contribution in [0.25, 0.3) is 21.5 Å². The van der Waals surface area contributed by atoms with Crippen LogP contribution in [-0.4, -0.2) is 58.9 Å². The van der Waals surface area contributed by atoms with Crippen LogP contribution >= 0.6 is 11.3 Å². The van der Waals surface area contributed by atoms with Crippen molar-refractivity contribution >= 4 is 34.4 Å². The molecular formula is C26H30N4O6S. The predicted octanol–water partition coefficient (Wildman–Crippen LogP) is 3.44. The van der Waals surface area contributed by atoms with Crippen molar-refractivity contribution in [2.45, 2.75) is 51.4 Å². The molecule has 1 N–H and O–H groups in total. The number of hydrogen-bond donors (Lipinski definition) is 1. The smallest absolute Gasteiger partial charge is 0.419 e. The van der Waals surface area contributed by atoms with Gasteiger partial charge in [0, 0.05) is 36.4 Å². The number of aromatic nitrogens is 1. The van der Waals surface area contributed by atoms with E-state index in [-0.39, 0.29) is 6.54 Å². The van der Waals surface area contributed by atoms with Crippen molar-refractivity contribution in [1.82, 2.24) is 14.8 Å². The number of oxazole rings is 1. The minimum absolute atomic E-state index is 0.0566. The van der Waals surface area contributed by atoms with Crippen LogP contribution in [0.3, 0.4) is 0 Å². The van der Waals surface area contributed by atoms with Gasteiger partial charge in [0.15, 0.2) is 11.7 Å². The van der Waals surface area contributed by atoms with Gasteiger partial charge in [-0.25, -0.2) is 9.59 Å². The molecule has 1 aliphatic rings. The number of aryl methyl sites for hydroxylation is 1. The Kier molecular flexibility index (Phi) is 7.71. The Morgan fingerprint density at radius 3 is 2.81 bits per heavy atom. The minimum Gasteiger partial charge on any atom is -0.444 e. The second kappa shape index (κ2) is 10.8. The summed E-state index contributed by atoms with van der Waals surface area (Å²) in [6, 6.07) is 10.8. The molecule has 0 radical (unpaired) electrons. The fraction of sp³-hybridized carbons (Fsp3) is 0.462. The minimum atomic E-state index is -0.891. The predicted molar refractivity (Wildman–Crippen MR) is 138 cm³/mol. The number of carbonyl (C=O) groups is 2. The molecule has 0 bridgehead atoms. The van der Waals surface area contributed by atoms with E-state index in [1.54, 1.807) is 33.9 Å². The normalized spacial score (nSPS) is 17.2. The topological polar surface area (TPSA) is 127 Å². The van der Waals surface area contributed by atoms with Gasteiger partial charge in [-0.3, -0.25) is 9.36 Å². The van der Waals surface area contributed by atoms with Crippen molar-refractivity contribution in [1.29, 1.82) is 5.26 Å². The van der Waals surface area contributed by atoms with E-state index in [1.807, 2.05) is 24.3 Å². The van der Waals surface area contributed by atoms with E-state index in [2.05, 4.69) is 11.4 Å². The van der Waals surface area contributed by atoms with Gasteiger partial charge in [0.1, 0.15) is 11.6 Å². The molecule has 2 aromatic heterocycles. The van der Waals surface area contributed by atoms with Crippen LogP contribution in [0.2, 0.25) is 0 Å². The molecule has 1 aromatic carbocycles. The maximum atomic E-state index is 12.9. The summed E-state index contributed by atoms with van der Waals surface area (Å²) in [7, 11) is 1.66. The molecule has 10 nitrogen and oxygen atoms in total. The molecular weight excluding hydrogens is 496 g/mol. The molecule has 1 fully saturated rings. The lowest BCUT2D eigenvalue weighted by atomic mass is 10.1. The third kappa shape index (κ3) is 6.39. The van der Waals surface area contributed by atoms with Crippen molar-refractivity contribution in [2.24, 2.45) is 7.05 Å². The number of benzene rings is 1. The Bertz CT molecular complexity index is 1390. The van der Waals surface area contributed by atoms with Gasteiger partial charge >= 0.3 is 11.8 Å². The van der Waals surface area contributed by atoms with Gasteiger partial charge in [-0.2, -0.15) is 5.26 Å². The fourth-order valence-corrected chi connectivity index (χ4v) is 5.04. The third-order valence-electron chi connectivity index (χ3n) is 5.84. The summed E-state index contributed by atoms with van der Waals surface area (Å²) in [6.07, 6.45) is -0.478. The van der Waals surface area contributed by atoms with Gasteiger partial charge in [0.05, 0.1) is 18.1 Å². The lowest BCUT2D eigenvalue weighted by Crippen LogP contribution is -2.48. The van der Waals surface area contributed by atoms with E-state index in [1.165, 1.54) is 20.8 Å². The van der Waals surface area contributed by atoms with Crippen molar-refractivity contribution in [3.8, 4) is 16.5 Å². The molecule has 3 heterocycles. The number of nitrogens with zero attached hydrogens (tertiary/aromatic N) is 3. The van der Waals surface area contributed by atoms with E-state index in [0.29, 0.717) is 37.1 Å². The number of carbonyl (C=O) groups excluding carboxylic acids is 2. The molecule has 1 aliphatic heterocycles. The van der Waals surface area contributed by atoms with Crippen molar-refractivity contribution in [3.05, 3.63) is 45.8 Å². The number of nitriles is 1. The van der Waals surface area contributed by atoms with Crippen LogP contribution in [-0.2, 0) is 27.7 Å². The van der Waals surface area contributed by atoms with Crippen LogP contribution in [0.1, 0.15) is 32.1 Å². The zero-order valence-corrected chi connectivity index (χ0v) is 22.1.